The number of imidazole rings is 1. The maximum Gasteiger partial charge on any atom is 0.425 e. The molecule has 0 unspecified atom stereocenters. The Morgan fingerprint density at radius 3 is 2.35 bits per heavy atom. The lowest BCUT2D eigenvalue weighted by atomic mass is 10.1. The summed E-state index contributed by atoms with van der Waals surface area (Å²) in [6, 6.07) is 5.46. The third-order valence-electron chi connectivity index (χ3n) is 7.78. The Morgan fingerprint density at radius 2 is 1.67 bits per heavy atom. The zero-order valence-corrected chi connectivity index (χ0v) is 27.8. The van der Waals surface area contributed by atoms with E-state index in [0.717, 1.165) is 22.0 Å². The van der Waals surface area contributed by atoms with Crippen LogP contribution in [0, 0.1) is 12.8 Å². The molecule has 0 bridgehead atoms. The van der Waals surface area contributed by atoms with E-state index in [-0.39, 0.29) is 30.0 Å². The van der Waals surface area contributed by atoms with Gasteiger partial charge >= 0.3 is 12.2 Å². The van der Waals surface area contributed by atoms with Crippen LogP contribution in [0.4, 0.5) is 15.4 Å². The molecule has 0 spiro atoms. The van der Waals surface area contributed by atoms with Crippen molar-refractivity contribution in [3.8, 4) is 5.75 Å². The predicted molar refractivity (Wildman–Crippen MR) is 169 cm³/mol. The Hall–Kier alpha value is -4.23. The van der Waals surface area contributed by atoms with Crippen molar-refractivity contribution in [1.82, 2.24) is 23.9 Å². The van der Waals surface area contributed by atoms with Gasteiger partial charge in [-0.1, -0.05) is 0 Å². The Morgan fingerprint density at radius 1 is 1.00 bits per heavy atom. The van der Waals surface area contributed by atoms with Gasteiger partial charge in [-0.15, -0.1) is 0 Å². The summed E-state index contributed by atoms with van der Waals surface area (Å²) in [5.41, 5.74) is 0.562. The minimum Gasteiger partial charge on any atom is -0.493 e. The average molecular weight is 635 g/mol. The molecule has 2 amide bonds. The maximum atomic E-state index is 13.4. The largest absolute Gasteiger partial charge is 0.493 e. The number of carbonyl (C=O) groups is 2. The van der Waals surface area contributed by atoms with Crippen LogP contribution in [-0.2, 0) is 18.9 Å². The summed E-state index contributed by atoms with van der Waals surface area (Å²) in [7, 11) is 0. The van der Waals surface area contributed by atoms with Crippen LogP contribution in [0.5, 0.6) is 5.75 Å². The van der Waals surface area contributed by atoms with Gasteiger partial charge in [0.25, 0.3) is 0 Å². The van der Waals surface area contributed by atoms with Gasteiger partial charge in [0.2, 0.25) is 0 Å². The SMILES string of the molecule is Cc1cn2ccc(OC[C@H]3C[C@@H](n4ccc5c(N(C(=O)OC(C)(C)C)C(=O)OC(C)(C)C)ncnc54)[C@@H]4OC(C)(C)O[C@H]34)cc2n1. The highest BCUT2D eigenvalue weighted by Gasteiger charge is 2.55. The Bertz CT molecular complexity index is 1750. The molecule has 13 heteroatoms. The third-order valence-corrected chi connectivity index (χ3v) is 7.78. The second-order valence-corrected chi connectivity index (χ2v) is 14.4. The molecule has 246 valence electrons. The van der Waals surface area contributed by atoms with Crippen molar-refractivity contribution in [3.05, 3.63) is 48.8 Å². The van der Waals surface area contributed by atoms with E-state index in [4.69, 9.17) is 23.7 Å². The van der Waals surface area contributed by atoms with Gasteiger partial charge in [-0.05, 0) is 80.9 Å². The van der Waals surface area contributed by atoms with Gasteiger partial charge in [0.1, 0.15) is 40.7 Å². The first-order chi connectivity index (χ1) is 21.5. The molecule has 4 aromatic rings. The molecule has 46 heavy (non-hydrogen) atoms. The molecule has 0 N–H and O–H groups in total. The van der Waals surface area contributed by atoms with E-state index in [0.29, 0.717) is 24.1 Å². The number of carbonyl (C=O) groups excluding carboxylic acids is 2. The van der Waals surface area contributed by atoms with E-state index >= 15 is 0 Å². The lowest BCUT2D eigenvalue weighted by Gasteiger charge is -2.28. The number of fused-ring (bicyclic) bond motifs is 3. The van der Waals surface area contributed by atoms with E-state index < -0.39 is 29.2 Å². The van der Waals surface area contributed by atoms with E-state index in [1.165, 1.54) is 6.33 Å². The van der Waals surface area contributed by atoms with E-state index in [1.807, 2.05) is 60.5 Å². The summed E-state index contributed by atoms with van der Waals surface area (Å²) in [5.74, 6) is 0.0132. The van der Waals surface area contributed by atoms with Gasteiger partial charge in [-0.2, -0.15) is 4.90 Å². The van der Waals surface area contributed by atoms with E-state index in [2.05, 4.69) is 15.0 Å². The van der Waals surface area contributed by atoms with Crippen molar-refractivity contribution >= 4 is 34.7 Å². The van der Waals surface area contributed by atoms with Crippen LogP contribution < -0.4 is 9.64 Å². The average Bonchev–Trinajstić information content (AvgIpc) is 3.66. The molecule has 4 atom stereocenters. The van der Waals surface area contributed by atoms with Crippen molar-refractivity contribution in [2.45, 2.75) is 104 Å². The van der Waals surface area contributed by atoms with Gasteiger partial charge in [-0.3, -0.25) is 0 Å². The van der Waals surface area contributed by atoms with E-state index in [9.17, 15) is 9.59 Å². The molecule has 5 heterocycles. The fourth-order valence-corrected chi connectivity index (χ4v) is 6.14. The molecule has 1 saturated carbocycles. The number of anilines is 1. The van der Waals surface area contributed by atoms with Crippen LogP contribution >= 0.6 is 0 Å². The number of imide groups is 1. The Kier molecular flexibility index (Phi) is 7.75. The number of aryl methyl sites for hydroxylation is 1. The highest BCUT2D eigenvalue weighted by molar-refractivity contribution is 6.13. The van der Waals surface area contributed by atoms with Crippen LogP contribution in [0.1, 0.15) is 73.5 Å². The second-order valence-electron chi connectivity index (χ2n) is 14.4. The standard InChI is InChI=1S/C33H42N6O7/c1-19-16-37-12-10-21(15-24(37)36-19)42-17-20-14-23(26-25(20)43-33(8,9)44-26)38-13-11-22-27(38)34-18-35-28(22)39(29(40)45-31(2,3)4)30(41)46-32(5,6)7/h10-13,15-16,18,20,23,25-26H,14,17H2,1-9H3/t20-,23-,25-,26+/m1/s1. The van der Waals surface area contributed by atoms with Crippen LogP contribution in [0.2, 0.25) is 0 Å². The zero-order chi connectivity index (χ0) is 33.2. The molecule has 0 aromatic carbocycles. The fourth-order valence-electron chi connectivity index (χ4n) is 6.14. The topological polar surface area (TPSA) is 132 Å². The molecule has 2 fully saturated rings. The highest BCUT2D eigenvalue weighted by Crippen LogP contribution is 2.48. The molecule has 6 rings (SSSR count). The number of ether oxygens (including phenoxy) is 5. The van der Waals surface area contributed by atoms with Crippen molar-refractivity contribution in [2.75, 3.05) is 11.5 Å². The summed E-state index contributed by atoms with van der Waals surface area (Å²) in [4.78, 5) is 41.1. The monoisotopic (exact) mass is 634 g/mol. The Labute approximate surface area is 267 Å². The molecule has 1 aliphatic heterocycles. The van der Waals surface area contributed by atoms with Gasteiger partial charge in [0.05, 0.1) is 29.8 Å². The number of amides is 2. The number of hydrogen-bond donors (Lipinski definition) is 0. The summed E-state index contributed by atoms with van der Waals surface area (Å²) in [6.45, 7) is 16.5. The summed E-state index contributed by atoms with van der Waals surface area (Å²) < 4.78 is 34.3. The first-order valence-electron chi connectivity index (χ1n) is 15.5. The maximum absolute atomic E-state index is 13.4. The summed E-state index contributed by atoms with van der Waals surface area (Å²) in [6.07, 6.45) is 5.47. The Balaban J connectivity index is 1.31. The van der Waals surface area contributed by atoms with Gasteiger partial charge in [0.15, 0.2) is 11.6 Å². The first kappa shape index (κ1) is 31.7. The van der Waals surface area contributed by atoms with Crippen molar-refractivity contribution < 1.29 is 33.3 Å². The molecule has 0 radical (unpaired) electrons. The number of aromatic nitrogens is 5. The normalized spacial score (nSPS) is 22.6. The molecular formula is C33H42N6O7. The highest BCUT2D eigenvalue weighted by atomic mass is 16.8. The molecule has 1 aliphatic carbocycles. The minimum atomic E-state index is -0.898. The molecule has 1 saturated heterocycles. The lowest BCUT2D eigenvalue weighted by molar-refractivity contribution is -0.161. The smallest absolute Gasteiger partial charge is 0.425 e. The quantitative estimate of drug-likeness (QED) is 0.249. The first-order valence-corrected chi connectivity index (χ1v) is 15.5. The van der Waals surface area contributed by atoms with Gasteiger partial charge < -0.3 is 32.7 Å². The van der Waals surface area contributed by atoms with Crippen molar-refractivity contribution in [2.24, 2.45) is 5.92 Å². The number of hydrogen-bond acceptors (Lipinski definition) is 10. The summed E-state index contributed by atoms with van der Waals surface area (Å²) in [5, 5.41) is 0.483. The zero-order valence-electron chi connectivity index (χ0n) is 27.8. The van der Waals surface area contributed by atoms with Crippen molar-refractivity contribution in [3.63, 3.8) is 0 Å². The molecular weight excluding hydrogens is 592 g/mol. The van der Waals surface area contributed by atoms with Crippen LogP contribution in [0.25, 0.3) is 16.7 Å². The second kappa shape index (κ2) is 11.2. The number of nitrogens with zero attached hydrogens (tertiary/aromatic N) is 6. The molecule has 13 nitrogen and oxygen atoms in total. The number of pyridine rings is 1. The van der Waals surface area contributed by atoms with Crippen molar-refractivity contribution in [1.29, 1.82) is 0 Å². The van der Waals surface area contributed by atoms with E-state index in [1.54, 1.807) is 47.6 Å². The minimum absolute atomic E-state index is 0.00765. The van der Waals surface area contributed by atoms with Crippen LogP contribution in [0.3, 0.4) is 0 Å². The van der Waals surface area contributed by atoms with Gasteiger partial charge in [-0.25, -0.2) is 24.5 Å². The molecule has 4 aromatic heterocycles. The predicted octanol–water partition coefficient (Wildman–Crippen LogP) is 6.22. The lowest BCUT2D eigenvalue weighted by Crippen LogP contribution is -2.44. The summed E-state index contributed by atoms with van der Waals surface area (Å²) >= 11 is 0. The fraction of sp³-hybridized carbons (Fsp3) is 0.545. The van der Waals surface area contributed by atoms with Crippen LogP contribution in [-0.4, -0.2) is 71.9 Å². The number of rotatable bonds is 5. The van der Waals surface area contributed by atoms with Gasteiger partial charge in [0, 0.05) is 30.6 Å². The third kappa shape index (κ3) is 6.38. The van der Waals surface area contributed by atoms with Crippen LogP contribution in [0.15, 0.2) is 43.1 Å². The molecule has 2 aliphatic rings.